The van der Waals surface area contributed by atoms with Crippen molar-refractivity contribution in [1.82, 2.24) is 0 Å². The van der Waals surface area contributed by atoms with E-state index in [1.165, 1.54) is 12.1 Å². The summed E-state index contributed by atoms with van der Waals surface area (Å²) in [6, 6.07) is 5.28. The zero-order valence-electron chi connectivity index (χ0n) is 10.7. The lowest BCUT2D eigenvalue weighted by atomic mass is 10.0. The monoisotopic (exact) mass is 266 g/mol. The van der Waals surface area contributed by atoms with Gasteiger partial charge in [0.05, 0.1) is 5.56 Å². The Morgan fingerprint density at radius 2 is 1.68 bits per heavy atom. The molecule has 0 aliphatic heterocycles. The molecule has 0 nitrogen and oxygen atoms in total. The van der Waals surface area contributed by atoms with E-state index < -0.39 is 11.7 Å². The number of hydrogen-bond donors (Lipinski definition) is 0. The van der Waals surface area contributed by atoms with Crippen molar-refractivity contribution in [2.24, 2.45) is 11.8 Å². The van der Waals surface area contributed by atoms with Crippen LogP contribution in [0.15, 0.2) is 43.0 Å². The quantitative estimate of drug-likeness (QED) is 0.649. The van der Waals surface area contributed by atoms with Gasteiger partial charge in [0.1, 0.15) is 0 Å². The second-order valence-corrected chi connectivity index (χ2v) is 5.05. The lowest BCUT2D eigenvalue weighted by molar-refractivity contribution is -0.137. The minimum absolute atomic E-state index is 0.519. The molecule has 1 saturated carbocycles. The third-order valence-electron chi connectivity index (χ3n) is 3.65. The highest BCUT2D eigenvalue weighted by molar-refractivity contribution is 5.50. The molecule has 1 aliphatic carbocycles. The summed E-state index contributed by atoms with van der Waals surface area (Å²) in [6.07, 6.45) is 5.14. The van der Waals surface area contributed by atoms with Crippen LogP contribution < -0.4 is 0 Å². The first-order valence-electron chi connectivity index (χ1n) is 6.47. The third-order valence-corrected chi connectivity index (χ3v) is 3.65. The van der Waals surface area contributed by atoms with Gasteiger partial charge in [-0.1, -0.05) is 30.4 Å². The fourth-order valence-corrected chi connectivity index (χ4v) is 2.47. The molecule has 2 rings (SSSR count). The Balaban J connectivity index is 1.98. The van der Waals surface area contributed by atoms with Crippen LogP contribution in [0.25, 0.3) is 6.08 Å². The van der Waals surface area contributed by atoms with Gasteiger partial charge in [-0.05, 0) is 48.8 Å². The van der Waals surface area contributed by atoms with Crippen molar-refractivity contribution in [3.63, 3.8) is 0 Å². The van der Waals surface area contributed by atoms with Crippen molar-refractivity contribution in [2.45, 2.75) is 25.4 Å². The first-order valence-corrected chi connectivity index (χ1v) is 6.47. The van der Waals surface area contributed by atoms with Gasteiger partial charge in [0.2, 0.25) is 0 Å². The maximum Gasteiger partial charge on any atom is 0.416 e. The van der Waals surface area contributed by atoms with E-state index in [1.807, 2.05) is 12.2 Å². The minimum Gasteiger partial charge on any atom is -0.166 e. The molecular weight excluding hydrogens is 249 g/mol. The first kappa shape index (κ1) is 13.9. The average Bonchev–Trinajstić information content (AvgIpc) is 2.84. The van der Waals surface area contributed by atoms with Crippen LogP contribution >= 0.6 is 0 Å². The number of hydrogen-bond acceptors (Lipinski definition) is 0. The fraction of sp³-hybridized carbons (Fsp3) is 0.375. The molecule has 1 unspecified atom stereocenters. The number of benzene rings is 1. The maximum atomic E-state index is 12.4. The van der Waals surface area contributed by atoms with E-state index in [1.54, 1.807) is 0 Å². The topological polar surface area (TPSA) is 0 Å². The molecule has 102 valence electrons. The van der Waals surface area contributed by atoms with Crippen molar-refractivity contribution < 1.29 is 13.2 Å². The molecule has 2 atom stereocenters. The first-order chi connectivity index (χ1) is 8.99. The lowest BCUT2D eigenvalue weighted by Gasteiger charge is -2.06. The van der Waals surface area contributed by atoms with Gasteiger partial charge in [0.25, 0.3) is 0 Å². The molecule has 0 aromatic heterocycles. The van der Waals surface area contributed by atoms with Gasteiger partial charge in [0.15, 0.2) is 0 Å². The summed E-state index contributed by atoms with van der Waals surface area (Å²) in [5, 5.41) is 0. The van der Waals surface area contributed by atoms with E-state index >= 15 is 0 Å². The van der Waals surface area contributed by atoms with E-state index in [4.69, 9.17) is 0 Å². The summed E-state index contributed by atoms with van der Waals surface area (Å²) in [4.78, 5) is 0. The second kappa shape index (κ2) is 5.64. The largest absolute Gasteiger partial charge is 0.416 e. The SMILES string of the molecule is C=C[C@@H]1CCC(/C=C/c2ccc(C(F)(F)F)cc2)C1. The standard InChI is InChI=1S/C16H17F3/c1-2-12-3-5-14(11-12)6-4-13-7-9-15(10-8-13)16(17,18)19/h2,4,6-10,12,14H,1,3,5,11H2/b6-4+/t12-,14?/m1/s1. The van der Waals surface area contributed by atoms with Crippen LogP contribution in [0.5, 0.6) is 0 Å². The van der Waals surface area contributed by atoms with E-state index in [0.29, 0.717) is 11.8 Å². The molecule has 0 saturated heterocycles. The Bertz CT molecular complexity index is 454. The normalized spacial score (nSPS) is 23.9. The molecule has 0 radical (unpaired) electrons. The van der Waals surface area contributed by atoms with E-state index in [0.717, 1.165) is 37.0 Å². The van der Waals surface area contributed by atoms with Gasteiger partial charge in [-0.2, -0.15) is 13.2 Å². The Labute approximate surface area is 111 Å². The number of halogens is 3. The van der Waals surface area contributed by atoms with Crippen molar-refractivity contribution in [3.05, 3.63) is 54.1 Å². The van der Waals surface area contributed by atoms with E-state index in [9.17, 15) is 13.2 Å². The zero-order chi connectivity index (χ0) is 13.9. The second-order valence-electron chi connectivity index (χ2n) is 5.05. The molecule has 0 N–H and O–H groups in total. The molecule has 1 aromatic rings. The molecule has 1 aliphatic rings. The predicted molar refractivity (Wildman–Crippen MR) is 71.5 cm³/mol. The summed E-state index contributed by atoms with van der Waals surface area (Å²) >= 11 is 0. The van der Waals surface area contributed by atoms with Crippen molar-refractivity contribution in [3.8, 4) is 0 Å². The number of allylic oxidation sites excluding steroid dienone is 2. The number of alkyl halides is 3. The molecule has 0 amide bonds. The van der Waals surface area contributed by atoms with Gasteiger partial charge in [-0.3, -0.25) is 0 Å². The van der Waals surface area contributed by atoms with Gasteiger partial charge in [-0.25, -0.2) is 0 Å². The van der Waals surface area contributed by atoms with Gasteiger partial charge >= 0.3 is 6.18 Å². The molecule has 0 heterocycles. The lowest BCUT2D eigenvalue weighted by Crippen LogP contribution is -2.03. The highest BCUT2D eigenvalue weighted by atomic mass is 19.4. The molecule has 1 fully saturated rings. The average molecular weight is 266 g/mol. The van der Waals surface area contributed by atoms with Gasteiger partial charge in [0, 0.05) is 0 Å². The number of rotatable bonds is 3. The molecule has 3 heteroatoms. The van der Waals surface area contributed by atoms with Crippen LogP contribution in [0.2, 0.25) is 0 Å². The van der Waals surface area contributed by atoms with Crippen LogP contribution in [-0.4, -0.2) is 0 Å². The van der Waals surface area contributed by atoms with Gasteiger partial charge < -0.3 is 0 Å². The zero-order valence-corrected chi connectivity index (χ0v) is 10.7. The highest BCUT2D eigenvalue weighted by Gasteiger charge is 2.29. The van der Waals surface area contributed by atoms with Crippen molar-refractivity contribution >= 4 is 6.08 Å². The van der Waals surface area contributed by atoms with Crippen LogP contribution in [0, 0.1) is 11.8 Å². The highest BCUT2D eigenvalue weighted by Crippen LogP contribution is 2.33. The van der Waals surface area contributed by atoms with Crippen LogP contribution in [0.1, 0.15) is 30.4 Å². The molecule has 0 bridgehead atoms. The molecule has 19 heavy (non-hydrogen) atoms. The van der Waals surface area contributed by atoms with Crippen molar-refractivity contribution in [1.29, 1.82) is 0 Å². The smallest absolute Gasteiger partial charge is 0.166 e. The van der Waals surface area contributed by atoms with E-state index in [-0.39, 0.29) is 0 Å². The summed E-state index contributed by atoms with van der Waals surface area (Å²) < 4.78 is 37.2. The third kappa shape index (κ3) is 3.72. The van der Waals surface area contributed by atoms with Crippen molar-refractivity contribution in [2.75, 3.05) is 0 Å². The molecule has 1 aromatic carbocycles. The molecule has 0 spiro atoms. The predicted octanol–water partition coefficient (Wildman–Crippen LogP) is 5.32. The summed E-state index contributed by atoms with van der Waals surface area (Å²) in [5.41, 5.74) is 0.215. The Morgan fingerprint density at radius 3 is 2.21 bits per heavy atom. The van der Waals surface area contributed by atoms with Crippen LogP contribution in [0.4, 0.5) is 13.2 Å². The fourth-order valence-electron chi connectivity index (χ4n) is 2.47. The van der Waals surface area contributed by atoms with Gasteiger partial charge in [-0.15, -0.1) is 6.58 Å². The summed E-state index contributed by atoms with van der Waals surface area (Å²) in [5.74, 6) is 1.10. The minimum atomic E-state index is -4.26. The Kier molecular flexibility index (Phi) is 4.13. The summed E-state index contributed by atoms with van der Waals surface area (Å²) in [7, 11) is 0. The molecular formula is C16H17F3. The summed E-state index contributed by atoms with van der Waals surface area (Å²) in [6.45, 7) is 3.80. The Morgan fingerprint density at radius 1 is 1.05 bits per heavy atom. The van der Waals surface area contributed by atoms with Crippen LogP contribution in [0.3, 0.4) is 0 Å². The Hall–Kier alpha value is -1.51. The van der Waals surface area contributed by atoms with E-state index in [2.05, 4.69) is 12.7 Å². The maximum absolute atomic E-state index is 12.4. The van der Waals surface area contributed by atoms with Crippen LogP contribution in [-0.2, 0) is 6.18 Å².